The minimum Gasteiger partial charge on any atom is -0.293 e. The fraction of sp³-hybridized carbons (Fsp3) is 0.350. The molecule has 2 aromatic rings. The molecule has 0 unspecified atom stereocenters. The van der Waals surface area contributed by atoms with Crippen molar-refractivity contribution in [2.75, 3.05) is 38.5 Å². The van der Waals surface area contributed by atoms with Gasteiger partial charge >= 0.3 is 0 Å². The van der Waals surface area contributed by atoms with Crippen LogP contribution in [0.1, 0.15) is 15.9 Å². The van der Waals surface area contributed by atoms with Crippen LogP contribution >= 0.6 is 0 Å². The van der Waals surface area contributed by atoms with Gasteiger partial charge in [0.15, 0.2) is 5.78 Å². The summed E-state index contributed by atoms with van der Waals surface area (Å²) in [7, 11) is -3.26. The van der Waals surface area contributed by atoms with Gasteiger partial charge in [-0.3, -0.25) is 9.69 Å². The van der Waals surface area contributed by atoms with Crippen molar-refractivity contribution >= 4 is 15.8 Å². The average Bonchev–Trinajstić information content (AvgIpc) is 2.68. The molecule has 1 fully saturated rings. The maximum Gasteiger partial charge on any atom is 0.214 e. The highest BCUT2D eigenvalue weighted by atomic mass is 32.2. The minimum atomic E-state index is -3.26. The fourth-order valence-electron chi connectivity index (χ4n) is 3.10. The van der Waals surface area contributed by atoms with E-state index in [1.807, 2.05) is 65.6 Å². The van der Waals surface area contributed by atoms with Gasteiger partial charge in [-0.1, -0.05) is 60.7 Å². The molecule has 2 aromatic carbocycles. The number of benzene rings is 2. The molecule has 0 amide bonds. The number of rotatable bonds is 7. The summed E-state index contributed by atoms with van der Waals surface area (Å²) < 4.78 is 26.7. The Labute approximate surface area is 155 Å². The maximum atomic E-state index is 12.5. The molecule has 0 atom stereocenters. The van der Waals surface area contributed by atoms with Gasteiger partial charge in [-0.05, 0) is 12.0 Å². The Balaban J connectivity index is 1.49. The number of carbonyl (C=O) groups excluding carboxylic acids is 1. The number of nitrogens with zero attached hydrogens (tertiary/aromatic N) is 2. The van der Waals surface area contributed by atoms with Crippen LogP contribution in [-0.4, -0.2) is 61.9 Å². The molecule has 5 nitrogen and oxygen atoms in total. The zero-order chi connectivity index (χ0) is 18.4. The second-order valence-electron chi connectivity index (χ2n) is 6.52. The van der Waals surface area contributed by atoms with E-state index in [0.29, 0.717) is 44.7 Å². The van der Waals surface area contributed by atoms with E-state index >= 15 is 0 Å². The minimum absolute atomic E-state index is 0.0750. The highest BCUT2D eigenvalue weighted by Crippen LogP contribution is 2.11. The second kappa shape index (κ2) is 8.58. The molecular weight excluding hydrogens is 348 g/mol. The second-order valence-corrected chi connectivity index (χ2v) is 8.60. The third-order valence-electron chi connectivity index (χ3n) is 4.68. The topological polar surface area (TPSA) is 57.7 Å². The summed E-state index contributed by atoms with van der Waals surface area (Å²) in [4.78, 5) is 14.3. The first kappa shape index (κ1) is 18.8. The number of aryl methyl sites for hydroxylation is 1. The van der Waals surface area contributed by atoms with Gasteiger partial charge < -0.3 is 0 Å². The van der Waals surface area contributed by atoms with Gasteiger partial charge in [0.05, 0.1) is 12.3 Å². The normalized spacial score (nSPS) is 16.5. The van der Waals surface area contributed by atoms with Crippen LogP contribution in [-0.2, 0) is 16.4 Å². The zero-order valence-corrected chi connectivity index (χ0v) is 15.6. The molecule has 0 bridgehead atoms. The molecule has 26 heavy (non-hydrogen) atoms. The lowest BCUT2D eigenvalue weighted by Gasteiger charge is -2.33. The van der Waals surface area contributed by atoms with Crippen molar-refractivity contribution in [1.82, 2.24) is 9.21 Å². The van der Waals surface area contributed by atoms with Crippen LogP contribution in [0.5, 0.6) is 0 Å². The predicted octanol–water partition coefficient (Wildman–Crippen LogP) is 2.06. The van der Waals surface area contributed by atoms with E-state index in [-0.39, 0.29) is 11.5 Å². The quantitative estimate of drug-likeness (QED) is 0.698. The van der Waals surface area contributed by atoms with E-state index in [1.54, 1.807) is 4.31 Å². The van der Waals surface area contributed by atoms with E-state index in [2.05, 4.69) is 0 Å². The standard InChI is InChI=1S/C20H24N2O3S/c23-20(19-9-5-2-6-10-19)17-21-12-14-22(15-13-21)26(24,25)16-11-18-7-3-1-4-8-18/h1-10H,11-17H2. The summed E-state index contributed by atoms with van der Waals surface area (Å²) in [6.07, 6.45) is 0.524. The number of hydrogen-bond donors (Lipinski definition) is 0. The van der Waals surface area contributed by atoms with E-state index in [4.69, 9.17) is 0 Å². The number of ketones is 1. The lowest BCUT2D eigenvalue weighted by molar-refractivity contribution is 0.0901. The molecule has 0 N–H and O–H groups in total. The molecule has 6 heteroatoms. The third kappa shape index (κ3) is 5.00. The molecule has 0 spiro atoms. The van der Waals surface area contributed by atoms with Crippen LogP contribution < -0.4 is 0 Å². The van der Waals surface area contributed by atoms with Crippen LogP contribution in [0.15, 0.2) is 60.7 Å². The molecule has 138 valence electrons. The van der Waals surface area contributed by atoms with Crippen LogP contribution in [0.2, 0.25) is 0 Å². The van der Waals surface area contributed by atoms with E-state index < -0.39 is 10.0 Å². The van der Waals surface area contributed by atoms with Crippen molar-refractivity contribution in [2.24, 2.45) is 0 Å². The van der Waals surface area contributed by atoms with Crippen molar-refractivity contribution in [3.63, 3.8) is 0 Å². The molecule has 1 heterocycles. The summed E-state index contributed by atoms with van der Waals surface area (Å²) in [5.41, 5.74) is 1.73. The molecule has 0 radical (unpaired) electrons. The van der Waals surface area contributed by atoms with Gasteiger partial charge in [0.25, 0.3) is 0 Å². The van der Waals surface area contributed by atoms with Crippen LogP contribution in [0.3, 0.4) is 0 Å². The molecule has 1 aliphatic heterocycles. The van der Waals surface area contributed by atoms with Crippen molar-refractivity contribution in [2.45, 2.75) is 6.42 Å². The summed E-state index contributed by atoms with van der Waals surface area (Å²) in [5, 5.41) is 0. The monoisotopic (exact) mass is 372 g/mol. The number of piperazine rings is 1. The van der Waals surface area contributed by atoms with Gasteiger partial charge in [0.2, 0.25) is 10.0 Å². The Kier molecular flexibility index (Phi) is 6.19. The van der Waals surface area contributed by atoms with Crippen molar-refractivity contribution in [3.05, 3.63) is 71.8 Å². The van der Waals surface area contributed by atoms with E-state index in [9.17, 15) is 13.2 Å². The van der Waals surface area contributed by atoms with Gasteiger partial charge in [0, 0.05) is 31.7 Å². The lowest BCUT2D eigenvalue weighted by atomic mass is 10.1. The van der Waals surface area contributed by atoms with E-state index in [1.165, 1.54) is 0 Å². The average molecular weight is 372 g/mol. The Bertz CT molecular complexity index is 815. The maximum absolute atomic E-state index is 12.5. The van der Waals surface area contributed by atoms with Gasteiger partial charge in [-0.15, -0.1) is 0 Å². The Morgan fingerprint density at radius 2 is 1.42 bits per heavy atom. The SMILES string of the molecule is O=C(CN1CCN(S(=O)(=O)CCc2ccccc2)CC1)c1ccccc1. The lowest BCUT2D eigenvalue weighted by Crippen LogP contribution is -2.50. The Morgan fingerprint density at radius 1 is 0.846 bits per heavy atom. The fourth-order valence-corrected chi connectivity index (χ4v) is 4.58. The van der Waals surface area contributed by atoms with Gasteiger partial charge in [-0.2, -0.15) is 4.31 Å². The molecule has 0 saturated carbocycles. The highest BCUT2D eigenvalue weighted by Gasteiger charge is 2.27. The Hall–Kier alpha value is -2.02. The predicted molar refractivity (Wildman–Crippen MR) is 103 cm³/mol. The summed E-state index contributed by atoms with van der Waals surface area (Å²) in [6.45, 7) is 2.40. The molecule has 3 rings (SSSR count). The smallest absolute Gasteiger partial charge is 0.214 e. The van der Waals surface area contributed by atoms with Crippen molar-refractivity contribution in [1.29, 1.82) is 0 Å². The number of sulfonamides is 1. The van der Waals surface area contributed by atoms with Crippen LogP contribution in [0.25, 0.3) is 0 Å². The molecule has 1 aliphatic rings. The van der Waals surface area contributed by atoms with Gasteiger partial charge in [-0.25, -0.2) is 8.42 Å². The first-order valence-electron chi connectivity index (χ1n) is 8.87. The van der Waals surface area contributed by atoms with E-state index in [0.717, 1.165) is 5.56 Å². The van der Waals surface area contributed by atoms with Crippen molar-refractivity contribution < 1.29 is 13.2 Å². The van der Waals surface area contributed by atoms with Crippen LogP contribution in [0.4, 0.5) is 0 Å². The molecule has 1 saturated heterocycles. The highest BCUT2D eigenvalue weighted by molar-refractivity contribution is 7.89. The number of carbonyl (C=O) groups is 1. The summed E-state index contributed by atoms with van der Waals surface area (Å²) >= 11 is 0. The molecular formula is C20H24N2O3S. The molecule has 0 aromatic heterocycles. The number of hydrogen-bond acceptors (Lipinski definition) is 4. The van der Waals surface area contributed by atoms with Gasteiger partial charge in [0.1, 0.15) is 0 Å². The summed E-state index contributed by atoms with van der Waals surface area (Å²) in [5.74, 6) is 0.200. The van der Waals surface area contributed by atoms with Crippen molar-refractivity contribution in [3.8, 4) is 0 Å². The van der Waals surface area contributed by atoms with Crippen LogP contribution in [0, 0.1) is 0 Å². The summed E-state index contributed by atoms with van der Waals surface area (Å²) in [6, 6.07) is 18.9. The molecule has 0 aliphatic carbocycles. The first-order chi connectivity index (χ1) is 12.5. The number of Topliss-reactive ketones (excluding diaryl/α,β-unsaturated/α-hetero) is 1. The third-order valence-corrected chi connectivity index (χ3v) is 6.55. The first-order valence-corrected chi connectivity index (χ1v) is 10.5. The Morgan fingerprint density at radius 3 is 2.04 bits per heavy atom. The largest absolute Gasteiger partial charge is 0.293 e. The zero-order valence-electron chi connectivity index (χ0n) is 14.8.